The molecule has 0 aromatic carbocycles. The number of thioether (sulfide) groups is 1. The normalized spacial score (nSPS) is 12.3. The molecule has 0 spiro atoms. The third kappa shape index (κ3) is 4.89. The molecule has 0 saturated carbocycles. The second-order valence-electron chi connectivity index (χ2n) is 4.85. The molecule has 2 aromatic rings. The van der Waals surface area contributed by atoms with E-state index in [0.29, 0.717) is 6.54 Å². The predicted molar refractivity (Wildman–Crippen MR) is 90.0 cm³/mol. The van der Waals surface area contributed by atoms with E-state index in [1.54, 1.807) is 23.1 Å². The average Bonchev–Trinajstić information content (AvgIpc) is 3.11. The van der Waals surface area contributed by atoms with Gasteiger partial charge in [0, 0.05) is 36.4 Å². The molecule has 1 atom stereocenters. The molecular weight excluding hydrogens is 302 g/mol. The molecule has 0 aliphatic heterocycles. The van der Waals surface area contributed by atoms with Crippen molar-refractivity contribution < 1.29 is 4.79 Å². The van der Waals surface area contributed by atoms with Crippen molar-refractivity contribution in [3.8, 4) is 0 Å². The zero-order chi connectivity index (χ0) is 15.1. The van der Waals surface area contributed by atoms with Crippen LogP contribution in [0.5, 0.6) is 0 Å². The lowest BCUT2D eigenvalue weighted by atomic mass is 10.2. The van der Waals surface area contributed by atoms with Crippen LogP contribution in [0.25, 0.3) is 0 Å². The number of thiazole rings is 1. The van der Waals surface area contributed by atoms with E-state index in [9.17, 15) is 4.79 Å². The number of hydrogen-bond donors (Lipinski definition) is 1. The SMILES string of the molecule is CSCC[C@@H](C(=O)NCCc1nc(C)cs1)n1cccc1. The first-order valence-corrected chi connectivity index (χ1v) is 9.28. The van der Waals surface area contributed by atoms with Gasteiger partial charge >= 0.3 is 0 Å². The van der Waals surface area contributed by atoms with E-state index in [0.717, 1.165) is 29.3 Å². The summed E-state index contributed by atoms with van der Waals surface area (Å²) < 4.78 is 1.99. The Bertz CT molecular complexity index is 551. The Balaban J connectivity index is 1.86. The Morgan fingerprint density at radius 1 is 1.48 bits per heavy atom. The molecule has 1 N–H and O–H groups in total. The number of rotatable bonds is 8. The lowest BCUT2D eigenvalue weighted by Crippen LogP contribution is -2.33. The number of amides is 1. The van der Waals surface area contributed by atoms with Gasteiger partial charge in [0.15, 0.2) is 0 Å². The Hall–Kier alpha value is -1.27. The highest BCUT2D eigenvalue weighted by atomic mass is 32.2. The summed E-state index contributed by atoms with van der Waals surface area (Å²) in [7, 11) is 0. The van der Waals surface area contributed by atoms with Crippen LogP contribution in [0, 0.1) is 6.92 Å². The molecule has 2 heterocycles. The van der Waals surface area contributed by atoms with Crippen molar-refractivity contribution in [2.45, 2.75) is 25.8 Å². The number of hydrogen-bond acceptors (Lipinski definition) is 4. The smallest absolute Gasteiger partial charge is 0.243 e. The fraction of sp³-hybridized carbons (Fsp3) is 0.467. The molecule has 2 rings (SSSR count). The topological polar surface area (TPSA) is 46.9 Å². The Morgan fingerprint density at radius 2 is 2.24 bits per heavy atom. The van der Waals surface area contributed by atoms with E-state index in [1.807, 2.05) is 41.4 Å². The van der Waals surface area contributed by atoms with E-state index in [1.165, 1.54) is 0 Å². The maximum atomic E-state index is 12.4. The number of aromatic nitrogens is 2. The van der Waals surface area contributed by atoms with Crippen LogP contribution >= 0.6 is 23.1 Å². The minimum atomic E-state index is -0.120. The Morgan fingerprint density at radius 3 is 2.86 bits per heavy atom. The van der Waals surface area contributed by atoms with E-state index in [4.69, 9.17) is 0 Å². The average molecular weight is 323 g/mol. The van der Waals surface area contributed by atoms with E-state index in [-0.39, 0.29) is 11.9 Å². The lowest BCUT2D eigenvalue weighted by Gasteiger charge is -2.18. The van der Waals surface area contributed by atoms with E-state index in [2.05, 4.69) is 16.6 Å². The van der Waals surface area contributed by atoms with Crippen molar-refractivity contribution in [2.75, 3.05) is 18.6 Å². The van der Waals surface area contributed by atoms with Crippen molar-refractivity contribution in [3.05, 3.63) is 40.6 Å². The summed E-state index contributed by atoms with van der Waals surface area (Å²) in [5, 5.41) is 6.15. The number of aryl methyl sites for hydroxylation is 1. The third-order valence-electron chi connectivity index (χ3n) is 3.19. The van der Waals surface area contributed by atoms with Gasteiger partial charge in [0.2, 0.25) is 5.91 Å². The standard InChI is InChI=1S/C15H21N3OS2/c1-12-11-21-14(17-12)5-7-16-15(19)13(6-10-20-2)18-8-3-4-9-18/h3-4,8-9,11,13H,5-7,10H2,1-2H3,(H,16,19)/t13-/m0/s1. The summed E-state index contributed by atoms with van der Waals surface area (Å²) in [5.74, 6) is 1.07. The van der Waals surface area contributed by atoms with Crippen LogP contribution in [0.3, 0.4) is 0 Å². The maximum Gasteiger partial charge on any atom is 0.243 e. The molecule has 0 saturated heterocycles. The molecule has 21 heavy (non-hydrogen) atoms. The highest BCUT2D eigenvalue weighted by Crippen LogP contribution is 2.15. The third-order valence-corrected chi connectivity index (χ3v) is 4.86. The van der Waals surface area contributed by atoms with E-state index < -0.39 is 0 Å². The van der Waals surface area contributed by atoms with Gasteiger partial charge in [-0.05, 0) is 37.5 Å². The first-order valence-electron chi connectivity index (χ1n) is 7.01. The molecule has 0 unspecified atom stereocenters. The van der Waals surface area contributed by atoms with E-state index >= 15 is 0 Å². The van der Waals surface area contributed by atoms with Crippen LogP contribution in [0.4, 0.5) is 0 Å². The lowest BCUT2D eigenvalue weighted by molar-refractivity contribution is -0.124. The molecule has 6 heteroatoms. The van der Waals surface area contributed by atoms with Gasteiger partial charge in [0.05, 0.1) is 5.01 Å². The maximum absolute atomic E-state index is 12.4. The zero-order valence-corrected chi connectivity index (χ0v) is 14.0. The molecular formula is C15H21N3OS2. The van der Waals surface area contributed by atoms with Gasteiger partial charge in [-0.25, -0.2) is 4.98 Å². The van der Waals surface area contributed by atoms with Crippen LogP contribution in [0.2, 0.25) is 0 Å². The minimum Gasteiger partial charge on any atom is -0.354 e. The highest BCUT2D eigenvalue weighted by molar-refractivity contribution is 7.98. The fourth-order valence-electron chi connectivity index (χ4n) is 2.13. The molecule has 2 aromatic heterocycles. The van der Waals surface area contributed by atoms with Crippen LogP contribution in [0.15, 0.2) is 29.9 Å². The highest BCUT2D eigenvalue weighted by Gasteiger charge is 2.18. The summed E-state index contributed by atoms with van der Waals surface area (Å²) in [5.41, 5.74) is 1.05. The minimum absolute atomic E-state index is 0.0912. The first-order chi connectivity index (χ1) is 10.2. The summed E-state index contributed by atoms with van der Waals surface area (Å²) in [6, 6.07) is 3.79. The number of carbonyl (C=O) groups excluding carboxylic acids is 1. The molecule has 0 bridgehead atoms. The fourth-order valence-corrected chi connectivity index (χ4v) is 3.36. The molecule has 0 aliphatic carbocycles. The number of nitrogens with one attached hydrogen (secondary N) is 1. The predicted octanol–water partition coefficient (Wildman–Crippen LogP) is 2.91. The molecule has 0 radical (unpaired) electrons. The van der Waals surface area contributed by atoms with Crippen molar-refractivity contribution in [1.82, 2.24) is 14.9 Å². The second-order valence-corrected chi connectivity index (χ2v) is 6.78. The largest absolute Gasteiger partial charge is 0.354 e. The van der Waals surface area contributed by atoms with Gasteiger partial charge in [0.25, 0.3) is 0 Å². The first kappa shape index (κ1) is 16.1. The van der Waals surface area contributed by atoms with Crippen LogP contribution in [0.1, 0.15) is 23.2 Å². The van der Waals surface area contributed by atoms with Crippen LogP contribution < -0.4 is 5.32 Å². The van der Waals surface area contributed by atoms with Crippen molar-refractivity contribution >= 4 is 29.0 Å². The molecule has 4 nitrogen and oxygen atoms in total. The van der Waals surface area contributed by atoms with Crippen LogP contribution in [-0.4, -0.2) is 34.0 Å². The zero-order valence-electron chi connectivity index (χ0n) is 12.4. The van der Waals surface area contributed by atoms with Crippen molar-refractivity contribution in [1.29, 1.82) is 0 Å². The Labute approximate surface area is 134 Å². The van der Waals surface area contributed by atoms with Crippen molar-refractivity contribution in [2.24, 2.45) is 0 Å². The molecule has 1 amide bonds. The summed E-state index contributed by atoms with van der Waals surface area (Å²) >= 11 is 3.42. The van der Waals surface area contributed by atoms with Gasteiger partial charge in [0.1, 0.15) is 6.04 Å². The monoisotopic (exact) mass is 323 g/mol. The van der Waals surface area contributed by atoms with Crippen LogP contribution in [-0.2, 0) is 11.2 Å². The van der Waals surface area contributed by atoms with Gasteiger partial charge in [-0.3, -0.25) is 4.79 Å². The molecule has 0 aliphatic rings. The second kappa shape index (κ2) is 8.24. The van der Waals surface area contributed by atoms with Gasteiger partial charge in [-0.15, -0.1) is 11.3 Å². The summed E-state index contributed by atoms with van der Waals surface area (Å²) in [6.45, 7) is 2.63. The van der Waals surface area contributed by atoms with Gasteiger partial charge < -0.3 is 9.88 Å². The summed E-state index contributed by atoms with van der Waals surface area (Å²) in [6.07, 6.45) is 7.61. The van der Waals surface area contributed by atoms with Gasteiger partial charge in [-0.1, -0.05) is 0 Å². The van der Waals surface area contributed by atoms with Crippen molar-refractivity contribution in [3.63, 3.8) is 0 Å². The molecule has 114 valence electrons. The number of nitrogens with zero attached hydrogens (tertiary/aromatic N) is 2. The Kier molecular flexibility index (Phi) is 6.32. The number of carbonyl (C=O) groups is 1. The summed E-state index contributed by atoms with van der Waals surface area (Å²) in [4.78, 5) is 16.8. The quantitative estimate of drug-likeness (QED) is 0.812. The van der Waals surface area contributed by atoms with Gasteiger partial charge in [-0.2, -0.15) is 11.8 Å². The molecule has 0 fully saturated rings.